The lowest BCUT2D eigenvalue weighted by atomic mass is 10.1. The monoisotopic (exact) mass is 455 g/mol. The van der Waals surface area contributed by atoms with Gasteiger partial charge in [0.15, 0.2) is 22.2 Å². The molecule has 1 aromatic carbocycles. The van der Waals surface area contributed by atoms with E-state index in [1.54, 1.807) is 29.2 Å². The van der Waals surface area contributed by atoms with E-state index in [0.717, 1.165) is 25.7 Å². The maximum atomic E-state index is 12.8. The van der Waals surface area contributed by atoms with Crippen LogP contribution in [0.25, 0.3) is 0 Å². The van der Waals surface area contributed by atoms with Crippen molar-refractivity contribution in [1.82, 2.24) is 4.90 Å². The van der Waals surface area contributed by atoms with Crippen molar-refractivity contribution < 1.29 is 27.5 Å². The van der Waals surface area contributed by atoms with Gasteiger partial charge in [-0.05, 0) is 43.5 Å². The van der Waals surface area contributed by atoms with Gasteiger partial charge in [-0.15, -0.1) is 0 Å². The van der Waals surface area contributed by atoms with Gasteiger partial charge in [-0.1, -0.05) is 24.4 Å². The molecule has 7 nitrogen and oxygen atoms in total. The van der Waals surface area contributed by atoms with Gasteiger partial charge < -0.3 is 9.64 Å². The molecule has 1 amide bonds. The van der Waals surface area contributed by atoms with Gasteiger partial charge in [0.1, 0.15) is 0 Å². The smallest absolute Gasteiger partial charge is 0.306 e. The second kappa shape index (κ2) is 9.92. The summed E-state index contributed by atoms with van der Waals surface area (Å²) in [5, 5.41) is 0.520. The molecular formula is C21H26ClNO6S. The summed E-state index contributed by atoms with van der Waals surface area (Å²) in [5.41, 5.74) is 0.457. The molecule has 1 aliphatic heterocycles. The van der Waals surface area contributed by atoms with Gasteiger partial charge in [0.05, 0.1) is 17.9 Å². The number of ketones is 1. The third-order valence-corrected chi connectivity index (χ3v) is 7.69. The Kier molecular flexibility index (Phi) is 7.52. The van der Waals surface area contributed by atoms with Crippen molar-refractivity contribution in [2.24, 2.45) is 0 Å². The first-order chi connectivity index (χ1) is 14.2. The highest BCUT2D eigenvalue weighted by atomic mass is 35.5. The van der Waals surface area contributed by atoms with E-state index in [-0.39, 0.29) is 48.1 Å². The molecule has 1 atom stereocenters. The summed E-state index contributed by atoms with van der Waals surface area (Å²) in [5.74, 6) is -1.14. The van der Waals surface area contributed by atoms with Crippen LogP contribution in [-0.4, -0.2) is 61.2 Å². The fraction of sp³-hybridized carbons (Fsp3) is 0.571. The average molecular weight is 456 g/mol. The minimum atomic E-state index is -3.13. The average Bonchev–Trinajstić information content (AvgIpc) is 3.35. The van der Waals surface area contributed by atoms with Crippen LogP contribution in [0.1, 0.15) is 55.3 Å². The summed E-state index contributed by atoms with van der Waals surface area (Å²) >= 11 is 5.80. The lowest BCUT2D eigenvalue weighted by Gasteiger charge is -2.33. The van der Waals surface area contributed by atoms with Crippen molar-refractivity contribution in [3.63, 3.8) is 0 Å². The van der Waals surface area contributed by atoms with Gasteiger partial charge in [0, 0.05) is 29.1 Å². The SMILES string of the molecule is O=C(CCC(=O)c1ccc(Cl)cc1)OCC(=O)N(C1CCCC1)C1CCS(=O)(=O)C1. The number of ether oxygens (including phenoxy) is 1. The number of amides is 1. The van der Waals surface area contributed by atoms with Gasteiger partial charge in [-0.3, -0.25) is 14.4 Å². The topological polar surface area (TPSA) is 97.8 Å². The normalized spacial score (nSPS) is 20.8. The van der Waals surface area contributed by atoms with Gasteiger partial charge in [-0.2, -0.15) is 0 Å². The maximum Gasteiger partial charge on any atom is 0.306 e. The highest BCUT2D eigenvalue weighted by Crippen LogP contribution is 2.29. The highest BCUT2D eigenvalue weighted by molar-refractivity contribution is 7.91. The fourth-order valence-electron chi connectivity index (χ4n) is 4.17. The van der Waals surface area contributed by atoms with Crippen LogP contribution in [0, 0.1) is 0 Å². The molecule has 1 saturated carbocycles. The molecule has 0 N–H and O–H groups in total. The number of esters is 1. The number of carbonyl (C=O) groups excluding carboxylic acids is 3. The largest absolute Gasteiger partial charge is 0.456 e. The first-order valence-corrected chi connectivity index (χ1v) is 12.4. The molecule has 164 valence electrons. The number of benzene rings is 1. The summed E-state index contributed by atoms with van der Waals surface area (Å²) in [6.07, 6.45) is 3.95. The van der Waals surface area contributed by atoms with Crippen LogP contribution in [0.15, 0.2) is 24.3 Å². The predicted molar refractivity (Wildman–Crippen MR) is 112 cm³/mol. The zero-order valence-electron chi connectivity index (χ0n) is 16.7. The van der Waals surface area contributed by atoms with E-state index >= 15 is 0 Å². The summed E-state index contributed by atoms with van der Waals surface area (Å²) in [4.78, 5) is 38.6. The van der Waals surface area contributed by atoms with Crippen LogP contribution in [0.4, 0.5) is 0 Å². The Bertz CT molecular complexity index is 893. The lowest BCUT2D eigenvalue weighted by Crippen LogP contribution is -2.48. The van der Waals surface area contributed by atoms with E-state index in [1.807, 2.05) is 0 Å². The standard InChI is InChI=1S/C21H26ClNO6S/c22-16-7-5-15(6-8-16)19(24)9-10-21(26)29-13-20(25)23(17-3-1-2-4-17)18-11-12-30(27,28)14-18/h5-8,17-18H,1-4,9-14H2. The van der Waals surface area contributed by atoms with E-state index in [0.29, 0.717) is 17.0 Å². The molecule has 0 radical (unpaired) electrons. The minimum absolute atomic E-state index is 0.000912. The van der Waals surface area contributed by atoms with Crippen molar-refractivity contribution in [2.75, 3.05) is 18.1 Å². The predicted octanol–water partition coefficient (Wildman–Crippen LogP) is 2.80. The molecule has 0 aromatic heterocycles. The molecule has 1 unspecified atom stereocenters. The second-order valence-corrected chi connectivity index (χ2v) is 10.6. The Morgan fingerprint density at radius 2 is 1.67 bits per heavy atom. The number of hydrogen-bond donors (Lipinski definition) is 0. The second-order valence-electron chi connectivity index (χ2n) is 7.89. The molecule has 1 saturated heterocycles. The zero-order valence-corrected chi connectivity index (χ0v) is 18.3. The van der Waals surface area contributed by atoms with Gasteiger partial charge in [-0.25, -0.2) is 8.42 Å². The lowest BCUT2D eigenvalue weighted by molar-refractivity contribution is -0.154. The Morgan fingerprint density at radius 1 is 1.00 bits per heavy atom. The molecule has 2 fully saturated rings. The number of Topliss-reactive ketones (excluding diaryl/α,β-unsaturated/α-hetero) is 1. The van der Waals surface area contributed by atoms with Crippen LogP contribution >= 0.6 is 11.6 Å². The molecule has 3 rings (SSSR count). The van der Waals surface area contributed by atoms with Gasteiger partial charge in [0.25, 0.3) is 5.91 Å². The van der Waals surface area contributed by atoms with E-state index in [9.17, 15) is 22.8 Å². The van der Waals surface area contributed by atoms with Crippen LogP contribution in [0.2, 0.25) is 5.02 Å². The molecule has 1 aromatic rings. The third-order valence-electron chi connectivity index (χ3n) is 5.69. The number of halogens is 1. The molecule has 1 heterocycles. The molecule has 2 aliphatic rings. The Morgan fingerprint density at radius 3 is 2.27 bits per heavy atom. The Balaban J connectivity index is 1.51. The molecule has 0 bridgehead atoms. The quantitative estimate of drug-likeness (QED) is 0.441. The first-order valence-electron chi connectivity index (χ1n) is 10.2. The van der Waals surface area contributed by atoms with Crippen molar-refractivity contribution in [3.05, 3.63) is 34.9 Å². The number of nitrogens with zero attached hydrogens (tertiary/aromatic N) is 1. The number of carbonyl (C=O) groups is 3. The Labute approximate surface area is 181 Å². The van der Waals surface area contributed by atoms with Crippen molar-refractivity contribution in [2.45, 2.75) is 57.0 Å². The van der Waals surface area contributed by atoms with Crippen molar-refractivity contribution in [3.8, 4) is 0 Å². The van der Waals surface area contributed by atoms with Crippen LogP contribution < -0.4 is 0 Å². The van der Waals surface area contributed by atoms with Crippen molar-refractivity contribution in [1.29, 1.82) is 0 Å². The summed E-state index contributed by atoms with van der Waals surface area (Å²) in [6.45, 7) is -0.430. The van der Waals surface area contributed by atoms with E-state index in [4.69, 9.17) is 16.3 Å². The summed E-state index contributed by atoms with van der Waals surface area (Å²) < 4.78 is 28.9. The number of rotatable bonds is 8. The van der Waals surface area contributed by atoms with Crippen LogP contribution in [0.3, 0.4) is 0 Å². The van der Waals surface area contributed by atoms with E-state index < -0.39 is 22.4 Å². The summed E-state index contributed by atoms with van der Waals surface area (Å²) in [6, 6.07) is 6.04. The minimum Gasteiger partial charge on any atom is -0.456 e. The Hall–Kier alpha value is -1.93. The summed E-state index contributed by atoms with van der Waals surface area (Å²) in [7, 11) is -3.13. The van der Waals surface area contributed by atoms with E-state index in [2.05, 4.69) is 0 Å². The number of sulfone groups is 1. The fourth-order valence-corrected chi connectivity index (χ4v) is 6.00. The number of hydrogen-bond acceptors (Lipinski definition) is 6. The van der Waals surface area contributed by atoms with Gasteiger partial charge >= 0.3 is 5.97 Å². The molecular weight excluding hydrogens is 430 g/mol. The van der Waals surface area contributed by atoms with Crippen LogP contribution in [-0.2, 0) is 24.2 Å². The molecule has 0 spiro atoms. The highest BCUT2D eigenvalue weighted by Gasteiger charge is 2.39. The molecule has 9 heteroatoms. The maximum absolute atomic E-state index is 12.8. The first kappa shape index (κ1) is 22.7. The van der Waals surface area contributed by atoms with Gasteiger partial charge in [0.2, 0.25) is 0 Å². The zero-order chi connectivity index (χ0) is 21.7. The molecule has 1 aliphatic carbocycles. The van der Waals surface area contributed by atoms with Crippen molar-refractivity contribution >= 4 is 39.1 Å². The van der Waals surface area contributed by atoms with E-state index in [1.165, 1.54) is 0 Å². The molecule has 30 heavy (non-hydrogen) atoms. The third kappa shape index (κ3) is 6.04. The van der Waals surface area contributed by atoms with Crippen LogP contribution in [0.5, 0.6) is 0 Å².